The number of amides is 2. The summed E-state index contributed by atoms with van der Waals surface area (Å²) in [6.45, 7) is 5.64. The third-order valence-corrected chi connectivity index (χ3v) is 7.37. The zero-order valence-electron chi connectivity index (χ0n) is 16.1. The molecule has 2 amide bonds. The Morgan fingerprint density at radius 3 is 2.52 bits per heavy atom. The number of sulfonamides is 1. The van der Waals surface area contributed by atoms with Gasteiger partial charge in [0, 0.05) is 24.7 Å². The third kappa shape index (κ3) is 3.60. The van der Waals surface area contributed by atoms with Crippen LogP contribution in [0.2, 0.25) is 0 Å². The highest BCUT2D eigenvalue weighted by molar-refractivity contribution is 7.90. The number of nitrogens with one attached hydrogen (secondary N) is 1. The second kappa shape index (κ2) is 7.59. The summed E-state index contributed by atoms with van der Waals surface area (Å²) >= 11 is 0. The number of rotatable bonds is 5. The third-order valence-electron chi connectivity index (χ3n) is 5.37. The number of piperidine rings is 1. The van der Waals surface area contributed by atoms with Crippen molar-refractivity contribution in [2.24, 2.45) is 5.92 Å². The molecule has 27 heavy (non-hydrogen) atoms. The molecule has 0 atom stereocenters. The van der Waals surface area contributed by atoms with Crippen LogP contribution < -0.4 is 5.32 Å². The van der Waals surface area contributed by atoms with Crippen LogP contribution in [-0.4, -0.2) is 62.2 Å². The second-order valence-corrected chi connectivity index (χ2v) is 9.32. The first-order valence-corrected chi connectivity index (χ1v) is 10.9. The van der Waals surface area contributed by atoms with E-state index in [2.05, 4.69) is 5.32 Å². The Morgan fingerprint density at radius 2 is 1.93 bits per heavy atom. The fourth-order valence-corrected chi connectivity index (χ4v) is 5.64. The minimum absolute atomic E-state index is 0.0593. The van der Waals surface area contributed by atoms with Gasteiger partial charge in [0.05, 0.1) is 5.56 Å². The predicted octanol–water partition coefficient (Wildman–Crippen LogP) is 1.70. The largest absolute Gasteiger partial charge is 0.339 e. The van der Waals surface area contributed by atoms with Gasteiger partial charge < -0.3 is 10.2 Å². The second-order valence-electron chi connectivity index (χ2n) is 7.54. The Balaban J connectivity index is 1.78. The Kier molecular flexibility index (Phi) is 5.58. The highest BCUT2D eigenvalue weighted by Crippen LogP contribution is 2.33. The van der Waals surface area contributed by atoms with Crippen molar-refractivity contribution in [2.45, 2.75) is 44.0 Å². The van der Waals surface area contributed by atoms with E-state index in [-0.39, 0.29) is 16.4 Å². The summed E-state index contributed by atoms with van der Waals surface area (Å²) in [5.41, 5.74) is 0.468. The van der Waals surface area contributed by atoms with E-state index in [1.54, 1.807) is 24.8 Å². The molecule has 1 aromatic carbocycles. The van der Waals surface area contributed by atoms with Crippen molar-refractivity contribution in [3.8, 4) is 0 Å². The minimum Gasteiger partial charge on any atom is -0.339 e. The van der Waals surface area contributed by atoms with Gasteiger partial charge >= 0.3 is 0 Å². The van der Waals surface area contributed by atoms with E-state index in [9.17, 15) is 18.0 Å². The standard InChI is InChI=1S/C19H27N3O4S/c1-13(2)22-19(24)16-5-4-15(12-17(16)27(22,25)26)18(23)21-10-7-14(8-11-21)6-9-20-3/h4-5,12-14,20H,6-11H2,1-3H3. The molecule has 8 heteroatoms. The van der Waals surface area contributed by atoms with E-state index < -0.39 is 22.0 Å². The summed E-state index contributed by atoms with van der Waals surface area (Å²) in [6.07, 6.45) is 3.01. The summed E-state index contributed by atoms with van der Waals surface area (Å²) in [4.78, 5) is 27.0. The molecule has 1 aromatic rings. The Morgan fingerprint density at radius 1 is 1.26 bits per heavy atom. The summed E-state index contributed by atoms with van der Waals surface area (Å²) in [6, 6.07) is 3.92. The molecule has 1 saturated heterocycles. The molecular formula is C19H27N3O4S. The summed E-state index contributed by atoms with van der Waals surface area (Å²) in [7, 11) is -1.96. The molecule has 0 radical (unpaired) electrons. The fourth-order valence-electron chi connectivity index (χ4n) is 3.85. The molecule has 0 unspecified atom stereocenters. The van der Waals surface area contributed by atoms with Gasteiger partial charge in [-0.1, -0.05) is 0 Å². The van der Waals surface area contributed by atoms with Gasteiger partial charge in [0.1, 0.15) is 4.90 Å². The molecule has 7 nitrogen and oxygen atoms in total. The van der Waals surface area contributed by atoms with E-state index in [0.717, 1.165) is 30.1 Å². The van der Waals surface area contributed by atoms with Crippen LogP contribution >= 0.6 is 0 Å². The topological polar surface area (TPSA) is 86.8 Å². The highest BCUT2D eigenvalue weighted by Gasteiger charge is 2.43. The molecule has 0 saturated carbocycles. The van der Waals surface area contributed by atoms with Crippen LogP contribution in [0.3, 0.4) is 0 Å². The Hall–Kier alpha value is -1.93. The van der Waals surface area contributed by atoms with Gasteiger partial charge in [-0.05, 0) is 70.8 Å². The van der Waals surface area contributed by atoms with E-state index in [1.807, 2.05) is 7.05 Å². The minimum atomic E-state index is -3.89. The van der Waals surface area contributed by atoms with Crippen LogP contribution in [0, 0.1) is 5.92 Å². The molecule has 0 aliphatic carbocycles. The Labute approximate surface area is 160 Å². The van der Waals surface area contributed by atoms with Crippen molar-refractivity contribution in [2.75, 3.05) is 26.7 Å². The van der Waals surface area contributed by atoms with E-state index in [4.69, 9.17) is 0 Å². The van der Waals surface area contributed by atoms with Crippen LogP contribution in [0.5, 0.6) is 0 Å². The van der Waals surface area contributed by atoms with Gasteiger partial charge in [0.2, 0.25) is 0 Å². The summed E-state index contributed by atoms with van der Waals surface area (Å²) in [5, 5.41) is 3.15. The molecule has 0 spiro atoms. The summed E-state index contributed by atoms with van der Waals surface area (Å²) < 4.78 is 26.3. The molecule has 2 aliphatic rings. The van der Waals surface area contributed by atoms with Crippen molar-refractivity contribution < 1.29 is 18.0 Å². The van der Waals surface area contributed by atoms with Crippen LogP contribution in [0.1, 0.15) is 53.8 Å². The lowest BCUT2D eigenvalue weighted by molar-refractivity contribution is 0.0686. The van der Waals surface area contributed by atoms with Crippen molar-refractivity contribution in [3.63, 3.8) is 0 Å². The average Bonchev–Trinajstić information content (AvgIpc) is 2.85. The first-order chi connectivity index (χ1) is 12.8. The van der Waals surface area contributed by atoms with Gasteiger partial charge in [-0.15, -0.1) is 0 Å². The zero-order chi connectivity index (χ0) is 19.8. The van der Waals surface area contributed by atoms with Crippen molar-refractivity contribution >= 4 is 21.8 Å². The maximum Gasteiger partial charge on any atom is 0.269 e. The number of fused-ring (bicyclic) bond motifs is 1. The van der Waals surface area contributed by atoms with Gasteiger partial charge in [0.25, 0.3) is 21.8 Å². The van der Waals surface area contributed by atoms with Crippen molar-refractivity contribution in [1.82, 2.24) is 14.5 Å². The average molecular weight is 394 g/mol. The lowest BCUT2D eigenvalue weighted by Gasteiger charge is -2.32. The SMILES string of the molecule is CNCCC1CCN(C(=O)c2ccc3c(c2)S(=O)(=O)N(C(C)C)C3=O)CC1. The summed E-state index contributed by atoms with van der Waals surface area (Å²) in [5.74, 6) is -0.0843. The number of benzene rings is 1. The van der Waals surface area contributed by atoms with E-state index in [1.165, 1.54) is 12.1 Å². The molecule has 0 aromatic heterocycles. The molecular weight excluding hydrogens is 366 g/mol. The lowest BCUT2D eigenvalue weighted by atomic mass is 9.93. The fraction of sp³-hybridized carbons (Fsp3) is 0.579. The number of hydrogen-bond donors (Lipinski definition) is 1. The molecule has 3 rings (SSSR count). The molecule has 148 valence electrons. The van der Waals surface area contributed by atoms with Crippen molar-refractivity contribution in [3.05, 3.63) is 29.3 Å². The van der Waals surface area contributed by atoms with Gasteiger partial charge in [-0.3, -0.25) is 9.59 Å². The number of likely N-dealkylation sites (tertiary alicyclic amines) is 1. The molecule has 1 N–H and O–H groups in total. The lowest BCUT2D eigenvalue weighted by Crippen LogP contribution is -2.39. The van der Waals surface area contributed by atoms with Crippen LogP contribution in [0.4, 0.5) is 0 Å². The maximum absolute atomic E-state index is 12.8. The monoisotopic (exact) mass is 393 g/mol. The van der Waals surface area contributed by atoms with Crippen LogP contribution in [-0.2, 0) is 10.0 Å². The van der Waals surface area contributed by atoms with Crippen LogP contribution in [0.25, 0.3) is 0 Å². The van der Waals surface area contributed by atoms with Gasteiger partial charge in [-0.2, -0.15) is 0 Å². The highest BCUT2D eigenvalue weighted by atomic mass is 32.2. The number of hydrogen-bond acceptors (Lipinski definition) is 5. The Bertz CT molecular complexity index is 843. The van der Waals surface area contributed by atoms with E-state index in [0.29, 0.717) is 24.6 Å². The normalized spacial score (nSPS) is 19.6. The first kappa shape index (κ1) is 19.8. The predicted molar refractivity (Wildman–Crippen MR) is 102 cm³/mol. The van der Waals surface area contributed by atoms with Crippen LogP contribution in [0.15, 0.2) is 23.1 Å². The number of carbonyl (C=O) groups excluding carboxylic acids is 2. The first-order valence-electron chi connectivity index (χ1n) is 9.44. The maximum atomic E-state index is 12.8. The quantitative estimate of drug-likeness (QED) is 0.823. The molecule has 2 aliphatic heterocycles. The van der Waals surface area contributed by atoms with Gasteiger partial charge in [0.15, 0.2) is 0 Å². The zero-order valence-corrected chi connectivity index (χ0v) is 16.9. The van der Waals surface area contributed by atoms with Crippen molar-refractivity contribution in [1.29, 1.82) is 0 Å². The molecule has 0 bridgehead atoms. The number of nitrogens with zero attached hydrogens (tertiary/aromatic N) is 2. The number of carbonyl (C=O) groups is 2. The molecule has 2 heterocycles. The molecule has 1 fully saturated rings. The smallest absolute Gasteiger partial charge is 0.269 e. The van der Waals surface area contributed by atoms with E-state index >= 15 is 0 Å². The van der Waals surface area contributed by atoms with Gasteiger partial charge in [-0.25, -0.2) is 12.7 Å².